The lowest BCUT2D eigenvalue weighted by Gasteiger charge is -2.28. The van der Waals surface area contributed by atoms with Crippen molar-refractivity contribution < 1.29 is 4.79 Å². The van der Waals surface area contributed by atoms with Crippen molar-refractivity contribution in [3.63, 3.8) is 0 Å². The van der Waals surface area contributed by atoms with Gasteiger partial charge in [0.1, 0.15) is 12.1 Å². The summed E-state index contributed by atoms with van der Waals surface area (Å²) in [6, 6.07) is 0. The van der Waals surface area contributed by atoms with Crippen molar-refractivity contribution in [1.29, 1.82) is 0 Å². The molecule has 3 nitrogen and oxygen atoms in total. The molecule has 2 saturated carbocycles. The zero-order valence-electron chi connectivity index (χ0n) is 21.4. The Morgan fingerprint density at radius 1 is 0.848 bits per heavy atom. The number of hydrogen-bond donors (Lipinski definition) is 1. The number of carbonyl (C=O) groups excluding carboxylic acids is 1. The second-order valence-corrected chi connectivity index (χ2v) is 11.3. The van der Waals surface area contributed by atoms with E-state index in [0.717, 1.165) is 57.8 Å². The molecule has 2 aliphatic rings. The molecule has 1 unspecified atom stereocenters. The Balaban J connectivity index is 1.52. The highest BCUT2D eigenvalue weighted by Gasteiger charge is 2.29. The third-order valence-electron chi connectivity index (χ3n) is 8.37. The third-order valence-corrected chi connectivity index (χ3v) is 8.83. The molecular weight excluding hydrogens is 424 g/mol. The van der Waals surface area contributed by atoms with Gasteiger partial charge in [-0.25, -0.2) is 9.97 Å². The first-order valence-corrected chi connectivity index (χ1v) is 14.7. The Kier molecular flexibility index (Phi) is 11.7. The molecule has 33 heavy (non-hydrogen) atoms. The van der Waals surface area contributed by atoms with Gasteiger partial charge in [0.05, 0.1) is 10.9 Å². The maximum Gasteiger partial charge on any atom is 0.148 e. The van der Waals surface area contributed by atoms with E-state index in [1.807, 2.05) is 0 Å². The Morgan fingerprint density at radius 3 is 2.03 bits per heavy atom. The largest absolute Gasteiger partial charge is 0.298 e. The van der Waals surface area contributed by atoms with Crippen LogP contribution in [0.5, 0.6) is 0 Å². The van der Waals surface area contributed by atoms with Gasteiger partial charge in [-0.15, -0.1) is 0 Å². The molecule has 1 aromatic rings. The minimum atomic E-state index is -0.0566. The van der Waals surface area contributed by atoms with Crippen LogP contribution in [0, 0.1) is 11.8 Å². The number of nitrogens with zero attached hydrogens (tertiary/aromatic N) is 2. The van der Waals surface area contributed by atoms with Gasteiger partial charge in [-0.1, -0.05) is 84.5 Å². The van der Waals surface area contributed by atoms with Gasteiger partial charge in [0.25, 0.3) is 0 Å². The fourth-order valence-corrected chi connectivity index (χ4v) is 6.92. The highest BCUT2D eigenvalue weighted by Crippen LogP contribution is 2.36. The van der Waals surface area contributed by atoms with E-state index >= 15 is 0 Å². The van der Waals surface area contributed by atoms with Gasteiger partial charge in [-0.05, 0) is 56.4 Å². The number of rotatable bonds is 7. The number of Topliss-reactive ketones (excluding diaryl/α,β-unsaturated/α-hetero) is 1. The van der Waals surface area contributed by atoms with Crippen LogP contribution in [0.3, 0.4) is 0 Å². The van der Waals surface area contributed by atoms with E-state index in [9.17, 15) is 4.79 Å². The van der Waals surface area contributed by atoms with Crippen LogP contribution in [-0.2, 0) is 17.6 Å². The van der Waals surface area contributed by atoms with Crippen LogP contribution in [0.1, 0.15) is 139 Å². The van der Waals surface area contributed by atoms with Crippen molar-refractivity contribution in [3.8, 4) is 0 Å². The molecule has 0 spiro atoms. The van der Waals surface area contributed by atoms with Crippen molar-refractivity contribution in [2.24, 2.45) is 11.8 Å². The maximum atomic E-state index is 13.4. The molecule has 2 aliphatic carbocycles. The van der Waals surface area contributed by atoms with E-state index in [1.165, 1.54) is 74.7 Å². The number of aromatic nitrogens is 2. The SMILES string of the molecule is CCc1ncnc(C2CCCC(C(=O)C(S)CC3CCCCCCCCC3)CCC2)c1CC. The van der Waals surface area contributed by atoms with Crippen LogP contribution in [0.4, 0.5) is 0 Å². The average Bonchev–Trinajstić information content (AvgIpc) is 2.82. The monoisotopic (exact) mass is 472 g/mol. The maximum absolute atomic E-state index is 13.4. The minimum absolute atomic E-state index is 0.0566. The zero-order valence-corrected chi connectivity index (χ0v) is 22.3. The van der Waals surface area contributed by atoms with Gasteiger partial charge in [0.2, 0.25) is 0 Å². The van der Waals surface area contributed by atoms with Gasteiger partial charge >= 0.3 is 0 Å². The molecule has 0 aromatic carbocycles. The number of hydrogen-bond acceptors (Lipinski definition) is 4. The molecule has 0 bridgehead atoms. The van der Waals surface area contributed by atoms with Crippen LogP contribution in [0.25, 0.3) is 0 Å². The summed E-state index contributed by atoms with van der Waals surface area (Å²) in [6.45, 7) is 4.41. The summed E-state index contributed by atoms with van der Waals surface area (Å²) < 4.78 is 0. The lowest BCUT2D eigenvalue weighted by molar-refractivity contribution is -0.123. The fourth-order valence-electron chi connectivity index (χ4n) is 6.41. The number of aryl methyl sites for hydroxylation is 1. The highest BCUT2D eigenvalue weighted by molar-refractivity contribution is 7.81. The first-order valence-electron chi connectivity index (χ1n) is 14.2. The molecule has 1 atom stereocenters. The van der Waals surface area contributed by atoms with Crippen molar-refractivity contribution in [1.82, 2.24) is 9.97 Å². The zero-order chi connectivity index (χ0) is 23.5. The standard InChI is InChI=1S/C29H48N2OS/c1-3-25-26(4-2)30-21-31-28(25)23-16-12-18-24(19-13-17-23)29(32)27(33)20-22-14-10-8-6-5-7-9-11-15-22/h21-24,27,33H,3-20H2,1-2H3. The molecule has 186 valence electrons. The number of ketones is 1. The van der Waals surface area contributed by atoms with Crippen LogP contribution in [-0.4, -0.2) is 21.0 Å². The molecule has 0 aliphatic heterocycles. The summed E-state index contributed by atoms with van der Waals surface area (Å²) in [5.74, 6) is 1.89. The van der Waals surface area contributed by atoms with Gasteiger partial charge in [0.15, 0.2) is 0 Å². The lowest BCUT2D eigenvalue weighted by Crippen LogP contribution is -2.27. The second kappa shape index (κ2) is 14.5. The first-order chi connectivity index (χ1) is 16.1. The predicted octanol–water partition coefficient (Wildman–Crippen LogP) is 8.05. The van der Waals surface area contributed by atoms with E-state index < -0.39 is 0 Å². The molecule has 2 fully saturated rings. The van der Waals surface area contributed by atoms with Crippen molar-refractivity contribution in [2.45, 2.75) is 141 Å². The van der Waals surface area contributed by atoms with Crippen molar-refractivity contribution in [2.75, 3.05) is 0 Å². The lowest BCUT2D eigenvalue weighted by atomic mass is 9.79. The quantitative estimate of drug-likeness (QED) is 0.408. The van der Waals surface area contributed by atoms with E-state index in [4.69, 9.17) is 17.6 Å². The van der Waals surface area contributed by atoms with Gasteiger partial charge in [-0.2, -0.15) is 12.6 Å². The fraction of sp³-hybridized carbons (Fsp3) is 0.828. The summed E-state index contributed by atoms with van der Waals surface area (Å²) in [4.78, 5) is 22.6. The van der Waals surface area contributed by atoms with Gasteiger partial charge < -0.3 is 0 Å². The molecule has 0 saturated heterocycles. The summed E-state index contributed by atoms with van der Waals surface area (Å²) in [6.07, 6.45) is 23.6. The van der Waals surface area contributed by atoms with E-state index in [-0.39, 0.29) is 11.2 Å². The second-order valence-electron chi connectivity index (χ2n) is 10.7. The smallest absolute Gasteiger partial charge is 0.148 e. The molecule has 4 heteroatoms. The third kappa shape index (κ3) is 8.08. The van der Waals surface area contributed by atoms with Crippen LogP contribution in [0.15, 0.2) is 6.33 Å². The minimum Gasteiger partial charge on any atom is -0.298 e. The Morgan fingerprint density at radius 2 is 1.45 bits per heavy atom. The van der Waals surface area contributed by atoms with Crippen molar-refractivity contribution >= 4 is 18.4 Å². The number of thiol groups is 1. The topological polar surface area (TPSA) is 42.9 Å². The molecule has 1 heterocycles. The molecule has 0 amide bonds. The van der Waals surface area contributed by atoms with Crippen LogP contribution in [0.2, 0.25) is 0 Å². The Bertz CT molecular complexity index is 702. The molecule has 0 N–H and O–H groups in total. The summed E-state index contributed by atoms with van der Waals surface area (Å²) >= 11 is 4.87. The Labute approximate surface area is 208 Å². The molecule has 0 radical (unpaired) electrons. The van der Waals surface area contributed by atoms with Gasteiger partial charge in [-0.3, -0.25) is 4.79 Å². The van der Waals surface area contributed by atoms with E-state index in [2.05, 4.69) is 18.8 Å². The van der Waals surface area contributed by atoms with Gasteiger partial charge in [0, 0.05) is 17.5 Å². The Hall–Kier alpha value is -0.900. The predicted molar refractivity (Wildman–Crippen MR) is 142 cm³/mol. The highest BCUT2D eigenvalue weighted by atomic mass is 32.1. The van der Waals surface area contributed by atoms with E-state index in [1.54, 1.807) is 6.33 Å². The summed E-state index contributed by atoms with van der Waals surface area (Å²) in [5, 5.41) is -0.0566. The normalized spacial score (nSPS) is 25.1. The summed E-state index contributed by atoms with van der Waals surface area (Å²) in [7, 11) is 0. The molecular formula is C29H48N2OS. The number of carbonyl (C=O) groups is 1. The molecule has 3 rings (SSSR count). The molecule has 1 aromatic heterocycles. The average molecular weight is 473 g/mol. The van der Waals surface area contributed by atoms with Crippen LogP contribution < -0.4 is 0 Å². The summed E-state index contributed by atoms with van der Waals surface area (Å²) in [5.41, 5.74) is 3.88. The van der Waals surface area contributed by atoms with E-state index in [0.29, 0.717) is 17.6 Å². The first kappa shape index (κ1) is 26.7. The van der Waals surface area contributed by atoms with Crippen molar-refractivity contribution in [3.05, 3.63) is 23.3 Å². The van der Waals surface area contributed by atoms with Crippen LogP contribution >= 0.6 is 12.6 Å².